The molecule has 114 valence electrons. The van der Waals surface area contributed by atoms with Crippen molar-refractivity contribution in [1.82, 2.24) is 10.2 Å². The highest BCUT2D eigenvalue weighted by atomic mass is 32.2. The van der Waals surface area contributed by atoms with Crippen molar-refractivity contribution in [3.63, 3.8) is 0 Å². The molecule has 1 saturated carbocycles. The number of amides is 1. The van der Waals surface area contributed by atoms with Crippen LogP contribution in [0.3, 0.4) is 0 Å². The number of thioether (sulfide) groups is 1. The smallest absolute Gasteiger partial charge is 0.244 e. The van der Waals surface area contributed by atoms with Gasteiger partial charge in [-0.3, -0.25) is 10.1 Å². The van der Waals surface area contributed by atoms with Crippen LogP contribution in [0.5, 0.6) is 0 Å². The number of hydrogen-bond donors (Lipinski definition) is 1. The van der Waals surface area contributed by atoms with Crippen LogP contribution >= 0.6 is 11.8 Å². The highest BCUT2D eigenvalue weighted by molar-refractivity contribution is 7.98. The number of aryl methyl sites for hydroxylation is 1. The molecule has 1 spiro atoms. The van der Waals surface area contributed by atoms with Crippen LogP contribution in [-0.2, 0) is 4.79 Å². The van der Waals surface area contributed by atoms with Crippen molar-refractivity contribution in [2.45, 2.75) is 44.3 Å². The molecule has 2 fully saturated rings. The van der Waals surface area contributed by atoms with Crippen LogP contribution in [0.4, 0.5) is 0 Å². The zero-order chi connectivity index (χ0) is 14.9. The fraction of sp³-hybridized carbons (Fsp3) is 0.588. The molecule has 1 aliphatic heterocycles. The standard InChI is InChI=1S/C17H24N2OS/c1-13-7-3-4-8-14(13)15-18-17(9-5-6-10-17)16(20)19(15)11-12-21-2/h3-4,7-8,15,18H,5-6,9-12H2,1-2H3. The van der Waals surface area contributed by atoms with E-state index in [0.29, 0.717) is 5.91 Å². The molecular weight excluding hydrogens is 280 g/mol. The van der Waals surface area contributed by atoms with Crippen molar-refractivity contribution in [3.8, 4) is 0 Å². The Balaban J connectivity index is 1.93. The Hall–Kier alpha value is -1.00. The summed E-state index contributed by atoms with van der Waals surface area (Å²) >= 11 is 1.80. The summed E-state index contributed by atoms with van der Waals surface area (Å²) in [4.78, 5) is 15.1. The number of carbonyl (C=O) groups is 1. The van der Waals surface area contributed by atoms with E-state index < -0.39 is 0 Å². The van der Waals surface area contributed by atoms with E-state index in [1.54, 1.807) is 11.8 Å². The minimum atomic E-state index is -0.286. The van der Waals surface area contributed by atoms with Crippen LogP contribution in [0.1, 0.15) is 43.0 Å². The molecule has 1 aliphatic carbocycles. The number of rotatable bonds is 4. The van der Waals surface area contributed by atoms with Crippen molar-refractivity contribution in [2.24, 2.45) is 0 Å². The van der Waals surface area contributed by atoms with Gasteiger partial charge in [0.05, 0.1) is 5.54 Å². The van der Waals surface area contributed by atoms with Gasteiger partial charge in [0.25, 0.3) is 0 Å². The topological polar surface area (TPSA) is 32.3 Å². The summed E-state index contributed by atoms with van der Waals surface area (Å²) in [5, 5.41) is 3.70. The number of carbonyl (C=O) groups excluding carboxylic acids is 1. The van der Waals surface area contributed by atoms with Crippen LogP contribution in [0.2, 0.25) is 0 Å². The van der Waals surface area contributed by atoms with Gasteiger partial charge >= 0.3 is 0 Å². The van der Waals surface area contributed by atoms with E-state index in [2.05, 4.69) is 47.7 Å². The summed E-state index contributed by atoms with van der Waals surface area (Å²) in [6, 6.07) is 8.42. The van der Waals surface area contributed by atoms with Gasteiger partial charge in [-0.1, -0.05) is 37.1 Å². The van der Waals surface area contributed by atoms with Gasteiger partial charge in [-0.05, 0) is 37.1 Å². The van der Waals surface area contributed by atoms with E-state index in [9.17, 15) is 4.79 Å². The van der Waals surface area contributed by atoms with E-state index in [0.717, 1.165) is 38.0 Å². The molecule has 1 saturated heterocycles. The largest absolute Gasteiger partial charge is 0.320 e. The normalized spacial score (nSPS) is 24.2. The third-order valence-electron chi connectivity index (χ3n) is 4.87. The number of benzene rings is 1. The monoisotopic (exact) mass is 304 g/mol. The van der Waals surface area contributed by atoms with Crippen LogP contribution in [0.15, 0.2) is 24.3 Å². The van der Waals surface area contributed by atoms with Crippen LogP contribution in [0.25, 0.3) is 0 Å². The van der Waals surface area contributed by atoms with E-state index in [4.69, 9.17) is 0 Å². The molecule has 0 radical (unpaired) electrons. The first-order chi connectivity index (χ1) is 10.2. The lowest BCUT2D eigenvalue weighted by Gasteiger charge is -2.25. The van der Waals surface area contributed by atoms with Crippen molar-refractivity contribution in [1.29, 1.82) is 0 Å². The lowest BCUT2D eigenvalue weighted by molar-refractivity contribution is -0.133. The summed E-state index contributed by atoms with van der Waals surface area (Å²) in [7, 11) is 0. The molecule has 1 atom stereocenters. The Morgan fingerprint density at radius 3 is 2.71 bits per heavy atom. The van der Waals surface area contributed by atoms with Gasteiger partial charge in [0.1, 0.15) is 6.17 Å². The number of nitrogens with one attached hydrogen (secondary N) is 1. The molecule has 21 heavy (non-hydrogen) atoms. The van der Waals surface area contributed by atoms with Crippen molar-refractivity contribution < 1.29 is 4.79 Å². The fourth-order valence-corrected chi connectivity index (χ4v) is 4.07. The summed E-state index contributed by atoms with van der Waals surface area (Å²) in [6.45, 7) is 2.96. The lowest BCUT2D eigenvalue weighted by Crippen LogP contribution is -2.44. The third-order valence-corrected chi connectivity index (χ3v) is 5.46. The molecule has 0 bridgehead atoms. The molecule has 4 heteroatoms. The van der Waals surface area contributed by atoms with Crippen molar-refractivity contribution in [2.75, 3.05) is 18.6 Å². The van der Waals surface area contributed by atoms with E-state index in [1.807, 2.05) is 0 Å². The van der Waals surface area contributed by atoms with Crippen molar-refractivity contribution >= 4 is 17.7 Å². The summed E-state index contributed by atoms with van der Waals surface area (Å²) in [5.74, 6) is 1.31. The maximum Gasteiger partial charge on any atom is 0.244 e. The number of nitrogens with zero attached hydrogens (tertiary/aromatic N) is 1. The molecule has 1 N–H and O–H groups in total. The summed E-state index contributed by atoms with van der Waals surface area (Å²) in [6.07, 6.45) is 6.45. The number of hydrogen-bond acceptors (Lipinski definition) is 3. The van der Waals surface area contributed by atoms with Gasteiger partial charge < -0.3 is 4.90 Å². The van der Waals surface area contributed by atoms with Gasteiger partial charge in [0.15, 0.2) is 0 Å². The second-order valence-corrected chi connectivity index (χ2v) is 7.17. The van der Waals surface area contributed by atoms with E-state index in [1.165, 1.54) is 11.1 Å². The second-order valence-electron chi connectivity index (χ2n) is 6.18. The van der Waals surface area contributed by atoms with Gasteiger partial charge in [-0.25, -0.2) is 0 Å². The first-order valence-corrected chi connectivity index (χ1v) is 9.20. The first-order valence-electron chi connectivity index (χ1n) is 7.81. The highest BCUT2D eigenvalue weighted by Gasteiger charge is 2.52. The predicted octanol–water partition coefficient (Wildman–Crippen LogP) is 3.10. The highest BCUT2D eigenvalue weighted by Crippen LogP contribution is 2.41. The maximum absolute atomic E-state index is 13.0. The Bertz CT molecular complexity index is 525. The molecule has 1 aromatic rings. The van der Waals surface area contributed by atoms with Crippen LogP contribution in [0, 0.1) is 6.92 Å². The van der Waals surface area contributed by atoms with Gasteiger partial charge in [-0.2, -0.15) is 11.8 Å². The Morgan fingerprint density at radius 1 is 1.33 bits per heavy atom. The quantitative estimate of drug-likeness (QED) is 0.927. The zero-order valence-electron chi connectivity index (χ0n) is 12.9. The van der Waals surface area contributed by atoms with Crippen molar-refractivity contribution in [3.05, 3.63) is 35.4 Å². The molecule has 0 aromatic heterocycles. The minimum Gasteiger partial charge on any atom is -0.320 e. The molecule has 3 nitrogen and oxygen atoms in total. The Labute approximate surface area is 131 Å². The average molecular weight is 304 g/mol. The fourth-order valence-electron chi connectivity index (χ4n) is 3.69. The molecule has 1 unspecified atom stereocenters. The Kier molecular flexibility index (Phi) is 4.27. The molecule has 1 amide bonds. The van der Waals surface area contributed by atoms with E-state index >= 15 is 0 Å². The first kappa shape index (κ1) is 14.9. The van der Waals surface area contributed by atoms with Gasteiger partial charge in [0.2, 0.25) is 5.91 Å². The van der Waals surface area contributed by atoms with Crippen LogP contribution in [-0.4, -0.2) is 34.9 Å². The van der Waals surface area contributed by atoms with E-state index in [-0.39, 0.29) is 11.7 Å². The minimum absolute atomic E-state index is 0.0453. The SMILES string of the molecule is CSCCN1C(=O)C2(CCCC2)NC1c1ccccc1C. The zero-order valence-corrected chi connectivity index (χ0v) is 13.7. The predicted molar refractivity (Wildman–Crippen MR) is 88.3 cm³/mol. The molecule has 1 heterocycles. The molecule has 2 aliphatic rings. The van der Waals surface area contributed by atoms with Gasteiger partial charge in [0, 0.05) is 12.3 Å². The maximum atomic E-state index is 13.0. The third kappa shape index (κ3) is 2.59. The summed E-state index contributed by atoms with van der Waals surface area (Å²) in [5.41, 5.74) is 2.22. The molecule has 3 rings (SSSR count). The molecular formula is C17H24N2OS. The second kappa shape index (κ2) is 6.01. The molecule has 1 aromatic carbocycles. The lowest BCUT2D eigenvalue weighted by atomic mass is 9.98. The summed E-state index contributed by atoms with van der Waals surface area (Å²) < 4.78 is 0. The Morgan fingerprint density at radius 2 is 2.05 bits per heavy atom. The average Bonchev–Trinajstić information content (AvgIpc) is 3.06. The van der Waals surface area contributed by atoms with Crippen LogP contribution < -0.4 is 5.32 Å². The van der Waals surface area contributed by atoms with Gasteiger partial charge in [-0.15, -0.1) is 0 Å².